The Labute approximate surface area is 157 Å². The van der Waals surface area contributed by atoms with Crippen LogP contribution < -0.4 is 4.90 Å². The quantitative estimate of drug-likeness (QED) is 0.709. The van der Waals surface area contributed by atoms with Crippen molar-refractivity contribution in [3.63, 3.8) is 0 Å². The Kier molecular flexibility index (Phi) is 4.58. The van der Waals surface area contributed by atoms with Crippen molar-refractivity contribution in [3.8, 4) is 11.5 Å². The minimum absolute atomic E-state index is 0.0129. The summed E-state index contributed by atoms with van der Waals surface area (Å²) in [6.07, 6.45) is 4.08. The molecular formula is C20H21N5O2. The molecule has 0 saturated carbocycles. The number of likely N-dealkylation sites (tertiary alicyclic amines) is 1. The summed E-state index contributed by atoms with van der Waals surface area (Å²) in [4.78, 5) is 20.4. The number of carbonyl (C=O) groups is 1. The summed E-state index contributed by atoms with van der Waals surface area (Å²) in [6, 6.07) is 11.4. The molecule has 0 spiro atoms. The van der Waals surface area contributed by atoms with E-state index in [1.54, 1.807) is 24.5 Å². The van der Waals surface area contributed by atoms with Crippen molar-refractivity contribution in [1.82, 2.24) is 20.1 Å². The molecule has 0 bridgehead atoms. The molecule has 0 radical (unpaired) electrons. The van der Waals surface area contributed by atoms with E-state index in [0.29, 0.717) is 30.4 Å². The van der Waals surface area contributed by atoms with Gasteiger partial charge in [0, 0.05) is 56.4 Å². The maximum Gasteiger partial charge on any atom is 0.253 e. The molecule has 1 saturated heterocycles. The van der Waals surface area contributed by atoms with Crippen molar-refractivity contribution in [2.24, 2.45) is 0 Å². The molecule has 4 rings (SSSR count). The average molecular weight is 363 g/mol. The number of hydrogen-bond donors (Lipinski definition) is 0. The van der Waals surface area contributed by atoms with Gasteiger partial charge < -0.3 is 14.2 Å². The Bertz CT molecular complexity index is 921. The van der Waals surface area contributed by atoms with Gasteiger partial charge in [-0.1, -0.05) is 0 Å². The zero-order chi connectivity index (χ0) is 18.8. The van der Waals surface area contributed by atoms with Gasteiger partial charge in [0.15, 0.2) is 0 Å². The van der Waals surface area contributed by atoms with Crippen molar-refractivity contribution in [2.45, 2.75) is 12.3 Å². The topological polar surface area (TPSA) is 75.4 Å². The van der Waals surface area contributed by atoms with Gasteiger partial charge in [-0.15, -0.1) is 10.2 Å². The minimum atomic E-state index is 0.0129. The van der Waals surface area contributed by atoms with E-state index >= 15 is 0 Å². The van der Waals surface area contributed by atoms with Gasteiger partial charge >= 0.3 is 0 Å². The van der Waals surface area contributed by atoms with E-state index in [9.17, 15) is 4.79 Å². The Morgan fingerprint density at radius 3 is 2.56 bits per heavy atom. The Morgan fingerprint density at radius 2 is 1.85 bits per heavy atom. The maximum absolute atomic E-state index is 12.6. The molecule has 1 amide bonds. The standard InChI is InChI=1S/C20H21N5O2/c1-24(2)17-5-3-14(4-6-17)18-22-23-19(27-18)16-9-12-25(13-16)20(26)15-7-10-21-11-8-15/h3-8,10-11,16H,9,12-13H2,1-2H3/t16-/m0/s1. The Morgan fingerprint density at radius 1 is 1.11 bits per heavy atom. The highest BCUT2D eigenvalue weighted by Gasteiger charge is 2.31. The van der Waals surface area contributed by atoms with Crippen LogP contribution in [0.3, 0.4) is 0 Å². The lowest BCUT2D eigenvalue weighted by Crippen LogP contribution is -2.28. The normalized spacial score (nSPS) is 16.5. The lowest BCUT2D eigenvalue weighted by molar-refractivity contribution is 0.0790. The summed E-state index contributed by atoms with van der Waals surface area (Å²) in [5.74, 6) is 1.18. The fourth-order valence-electron chi connectivity index (χ4n) is 3.24. The molecule has 3 heterocycles. The molecule has 7 nitrogen and oxygen atoms in total. The second-order valence-corrected chi connectivity index (χ2v) is 6.86. The number of pyridine rings is 1. The first-order chi connectivity index (χ1) is 13.1. The second kappa shape index (κ2) is 7.19. The van der Waals surface area contributed by atoms with Gasteiger partial charge in [-0.3, -0.25) is 9.78 Å². The van der Waals surface area contributed by atoms with Gasteiger partial charge in [0.2, 0.25) is 11.8 Å². The summed E-state index contributed by atoms with van der Waals surface area (Å²) >= 11 is 0. The molecule has 1 fully saturated rings. The third-order valence-electron chi connectivity index (χ3n) is 4.82. The van der Waals surface area contributed by atoms with E-state index in [2.05, 4.69) is 15.2 Å². The number of benzene rings is 1. The van der Waals surface area contributed by atoms with Gasteiger partial charge in [0.1, 0.15) is 0 Å². The zero-order valence-corrected chi connectivity index (χ0v) is 15.4. The predicted octanol–water partition coefficient (Wildman–Crippen LogP) is 2.83. The fourth-order valence-corrected chi connectivity index (χ4v) is 3.24. The van der Waals surface area contributed by atoms with Crippen LogP contribution >= 0.6 is 0 Å². The van der Waals surface area contributed by atoms with Crippen LogP contribution in [0.4, 0.5) is 5.69 Å². The molecule has 1 aromatic carbocycles. The molecule has 0 aliphatic carbocycles. The minimum Gasteiger partial charge on any atom is -0.420 e. The van der Waals surface area contributed by atoms with Crippen molar-refractivity contribution >= 4 is 11.6 Å². The van der Waals surface area contributed by atoms with Crippen molar-refractivity contribution in [2.75, 3.05) is 32.1 Å². The molecular weight excluding hydrogens is 342 g/mol. The summed E-state index contributed by atoms with van der Waals surface area (Å²) in [7, 11) is 4.00. The third-order valence-corrected chi connectivity index (χ3v) is 4.82. The SMILES string of the molecule is CN(C)c1ccc(-c2nnc([C@H]3CCN(C(=O)c4ccncc4)C3)o2)cc1. The number of nitrogens with zero attached hydrogens (tertiary/aromatic N) is 5. The predicted molar refractivity (Wildman–Crippen MR) is 102 cm³/mol. The van der Waals surface area contributed by atoms with Crippen LogP contribution in [-0.2, 0) is 0 Å². The van der Waals surface area contributed by atoms with Crippen LogP contribution in [0.25, 0.3) is 11.5 Å². The van der Waals surface area contributed by atoms with Crippen LogP contribution in [0, 0.1) is 0 Å². The summed E-state index contributed by atoms with van der Waals surface area (Å²) < 4.78 is 5.90. The molecule has 1 aliphatic rings. The monoisotopic (exact) mass is 363 g/mol. The molecule has 1 aliphatic heterocycles. The lowest BCUT2D eigenvalue weighted by Gasteiger charge is -2.15. The summed E-state index contributed by atoms with van der Waals surface area (Å²) in [5, 5.41) is 8.42. The van der Waals surface area contributed by atoms with Crippen molar-refractivity contribution in [1.29, 1.82) is 0 Å². The number of hydrogen-bond acceptors (Lipinski definition) is 6. The molecule has 0 unspecified atom stereocenters. The van der Waals surface area contributed by atoms with Gasteiger partial charge in [-0.05, 0) is 42.8 Å². The largest absolute Gasteiger partial charge is 0.420 e. The highest BCUT2D eigenvalue weighted by Crippen LogP contribution is 2.30. The highest BCUT2D eigenvalue weighted by molar-refractivity contribution is 5.94. The van der Waals surface area contributed by atoms with Crippen LogP contribution in [0.2, 0.25) is 0 Å². The second-order valence-electron chi connectivity index (χ2n) is 6.86. The number of aromatic nitrogens is 3. The molecule has 27 heavy (non-hydrogen) atoms. The van der Waals surface area contributed by atoms with Crippen molar-refractivity contribution in [3.05, 3.63) is 60.2 Å². The smallest absolute Gasteiger partial charge is 0.253 e. The number of rotatable bonds is 4. The summed E-state index contributed by atoms with van der Waals surface area (Å²) in [5.41, 5.74) is 2.65. The van der Waals surface area contributed by atoms with E-state index in [1.807, 2.05) is 48.2 Å². The van der Waals surface area contributed by atoms with Crippen LogP contribution in [0.1, 0.15) is 28.6 Å². The first kappa shape index (κ1) is 17.2. The molecule has 7 heteroatoms. The van der Waals surface area contributed by atoms with Crippen LogP contribution in [0.15, 0.2) is 53.2 Å². The highest BCUT2D eigenvalue weighted by atomic mass is 16.4. The van der Waals surface area contributed by atoms with Gasteiger partial charge in [-0.2, -0.15) is 0 Å². The van der Waals surface area contributed by atoms with E-state index < -0.39 is 0 Å². The average Bonchev–Trinajstić information content (AvgIpc) is 3.38. The van der Waals surface area contributed by atoms with E-state index in [0.717, 1.165) is 17.7 Å². The van der Waals surface area contributed by atoms with E-state index in [4.69, 9.17) is 4.42 Å². The fraction of sp³-hybridized carbons (Fsp3) is 0.300. The Balaban J connectivity index is 1.45. The summed E-state index contributed by atoms with van der Waals surface area (Å²) in [6.45, 7) is 1.27. The zero-order valence-electron chi connectivity index (χ0n) is 15.4. The molecule has 138 valence electrons. The lowest BCUT2D eigenvalue weighted by atomic mass is 10.1. The molecule has 1 atom stereocenters. The maximum atomic E-state index is 12.6. The third kappa shape index (κ3) is 3.53. The van der Waals surface area contributed by atoms with Gasteiger partial charge in [0.05, 0.1) is 5.92 Å². The first-order valence-electron chi connectivity index (χ1n) is 8.92. The van der Waals surface area contributed by atoms with Gasteiger partial charge in [0.25, 0.3) is 5.91 Å². The van der Waals surface area contributed by atoms with Gasteiger partial charge in [-0.25, -0.2) is 0 Å². The van der Waals surface area contributed by atoms with Crippen molar-refractivity contribution < 1.29 is 9.21 Å². The number of anilines is 1. The molecule has 2 aromatic heterocycles. The number of amides is 1. The molecule has 3 aromatic rings. The van der Waals surface area contributed by atoms with Crippen LogP contribution in [0.5, 0.6) is 0 Å². The Hall–Kier alpha value is -3.22. The van der Waals surface area contributed by atoms with E-state index in [1.165, 1.54) is 0 Å². The van der Waals surface area contributed by atoms with E-state index in [-0.39, 0.29) is 11.8 Å². The first-order valence-corrected chi connectivity index (χ1v) is 8.92. The number of carbonyl (C=O) groups excluding carboxylic acids is 1. The molecule has 0 N–H and O–H groups in total. The van der Waals surface area contributed by atoms with Crippen LogP contribution in [-0.4, -0.2) is 53.2 Å².